The molecule has 0 saturated carbocycles. The highest BCUT2D eigenvalue weighted by Crippen LogP contribution is 2.24. The molecule has 2 aromatic heterocycles. The average Bonchev–Trinajstić information content (AvgIpc) is 3.36. The number of carbonyl (C=O) groups is 1. The van der Waals surface area contributed by atoms with Gasteiger partial charge in [-0.15, -0.1) is 0 Å². The highest BCUT2D eigenvalue weighted by atomic mass is 32.1. The molecule has 0 bridgehead atoms. The van der Waals surface area contributed by atoms with Crippen LogP contribution in [-0.4, -0.2) is 36.7 Å². The third-order valence-corrected chi connectivity index (χ3v) is 5.83. The molecule has 7 nitrogen and oxygen atoms in total. The van der Waals surface area contributed by atoms with E-state index in [1.807, 2.05) is 42.5 Å². The highest BCUT2D eigenvalue weighted by Gasteiger charge is 2.23. The standard InChI is InChI=1S/C23H24N4O3S/c1-3-4-8-19-18(12-15-9-10-20-21(13-15)26-31-25-20)22(23(28)29)27(24-19)14-16-6-5-7-17(11-16)30-2/h5-7,9-11,13H,3-4,8,12,14H2,1-2H3,(H,28,29). The molecule has 0 spiro atoms. The quantitative estimate of drug-likeness (QED) is 0.413. The molecule has 31 heavy (non-hydrogen) atoms. The van der Waals surface area contributed by atoms with Crippen molar-refractivity contribution < 1.29 is 14.6 Å². The number of aromatic carboxylic acids is 1. The summed E-state index contributed by atoms with van der Waals surface area (Å²) in [6.45, 7) is 2.49. The molecule has 0 atom stereocenters. The lowest BCUT2D eigenvalue weighted by molar-refractivity contribution is 0.0683. The number of aryl methyl sites for hydroxylation is 1. The van der Waals surface area contributed by atoms with Gasteiger partial charge in [0.2, 0.25) is 0 Å². The molecule has 0 aliphatic rings. The Bertz CT molecular complexity index is 1210. The maximum Gasteiger partial charge on any atom is 0.354 e. The van der Waals surface area contributed by atoms with Crippen molar-refractivity contribution in [2.24, 2.45) is 0 Å². The topological polar surface area (TPSA) is 90.1 Å². The van der Waals surface area contributed by atoms with E-state index in [0.29, 0.717) is 13.0 Å². The van der Waals surface area contributed by atoms with Crippen molar-refractivity contribution in [2.45, 2.75) is 39.2 Å². The van der Waals surface area contributed by atoms with Crippen molar-refractivity contribution >= 4 is 28.7 Å². The fourth-order valence-corrected chi connectivity index (χ4v) is 4.24. The molecule has 0 unspecified atom stereocenters. The number of methoxy groups -OCH3 is 1. The Morgan fingerprint density at radius 2 is 1.97 bits per heavy atom. The van der Waals surface area contributed by atoms with Crippen molar-refractivity contribution in [3.63, 3.8) is 0 Å². The lowest BCUT2D eigenvalue weighted by atomic mass is 9.99. The first kappa shape index (κ1) is 21.0. The molecular weight excluding hydrogens is 412 g/mol. The molecule has 1 N–H and O–H groups in total. The minimum absolute atomic E-state index is 0.241. The van der Waals surface area contributed by atoms with E-state index in [4.69, 9.17) is 9.84 Å². The number of rotatable bonds is 9. The predicted molar refractivity (Wildman–Crippen MR) is 120 cm³/mol. The zero-order valence-corrected chi connectivity index (χ0v) is 18.4. The summed E-state index contributed by atoms with van der Waals surface area (Å²) in [5.41, 5.74) is 5.48. The smallest absolute Gasteiger partial charge is 0.354 e. The van der Waals surface area contributed by atoms with E-state index in [2.05, 4.69) is 15.7 Å². The van der Waals surface area contributed by atoms with Crippen LogP contribution in [0.25, 0.3) is 11.0 Å². The van der Waals surface area contributed by atoms with Crippen LogP contribution >= 0.6 is 11.7 Å². The molecule has 0 fully saturated rings. The Morgan fingerprint density at radius 1 is 1.13 bits per heavy atom. The fourth-order valence-electron chi connectivity index (χ4n) is 3.72. The van der Waals surface area contributed by atoms with Crippen molar-refractivity contribution in [3.8, 4) is 5.75 Å². The number of ether oxygens (including phenoxy) is 1. The molecule has 2 aromatic carbocycles. The van der Waals surface area contributed by atoms with Crippen LogP contribution in [0.3, 0.4) is 0 Å². The third kappa shape index (κ3) is 4.59. The van der Waals surface area contributed by atoms with Crippen molar-refractivity contribution in [1.29, 1.82) is 0 Å². The van der Waals surface area contributed by atoms with E-state index in [0.717, 1.165) is 58.4 Å². The van der Waals surface area contributed by atoms with Gasteiger partial charge < -0.3 is 9.84 Å². The van der Waals surface area contributed by atoms with Crippen LogP contribution in [0.15, 0.2) is 42.5 Å². The molecule has 8 heteroatoms. The zero-order valence-electron chi connectivity index (χ0n) is 17.5. The molecule has 4 rings (SSSR count). The molecule has 2 heterocycles. The van der Waals surface area contributed by atoms with Gasteiger partial charge >= 0.3 is 5.97 Å². The lowest BCUT2D eigenvalue weighted by Crippen LogP contribution is -2.13. The summed E-state index contributed by atoms with van der Waals surface area (Å²) in [6, 6.07) is 13.5. The molecule has 0 radical (unpaired) electrons. The molecular formula is C23H24N4O3S. The van der Waals surface area contributed by atoms with Gasteiger partial charge in [0.15, 0.2) is 0 Å². The van der Waals surface area contributed by atoms with E-state index in [-0.39, 0.29) is 5.69 Å². The highest BCUT2D eigenvalue weighted by molar-refractivity contribution is 7.00. The summed E-state index contributed by atoms with van der Waals surface area (Å²) in [4.78, 5) is 12.3. The first-order valence-corrected chi connectivity index (χ1v) is 11.0. The monoisotopic (exact) mass is 436 g/mol. The first-order chi connectivity index (χ1) is 15.1. The number of nitrogens with zero attached hydrogens (tertiary/aromatic N) is 4. The molecule has 0 aliphatic heterocycles. The maximum absolute atomic E-state index is 12.3. The number of carboxylic acids is 1. The van der Waals surface area contributed by atoms with Crippen molar-refractivity contribution in [1.82, 2.24) is 18.5 Å². The number of aromatic nitrogens is 4. The number of fused-ring (bicyclic) bond motifs is 1. The Labute approximate surface area is 184 Å². The van der Waals surface area contributed by atoms with E-state index in [1.54, 1.807) is 11.8 Å². The van der Waals surface area contributed by atoms with E-state index >= 15 is 0 Å². The van der Waals surface area contributed by atoms with Gasteiger partial charge in [-0.05, 0) is 48.2 Å². The van der Waals surface area contributed by atoms with Crippen LogP contribution in [0.1, 0.15) is 52.6 Å². The second-order valence-electron chi connectivity index (χ2n) is 7.46. The minimum atomic E-state index is -0.968. The fraction of sp³-hybridized carbons (Fsp3) is 0.304. The second-order valence-corrected chi connectivity index (χ2v) is 7.98. The summed E-state index contributed by atoms with van der Waals surface area (Å²) in [7, 11) is 1.62. The van der Waals surface area contributed by atoms with Crippen LogP contribution in [0, 0.1) is 0 Å². The SMILES string of the molecule is CCCCc1nn(Cc2cccc(OC)c2)c(C(=O)O)c1Cc1ccc2nsnc2c1. The van der Waals surface area contributed by atoms with Crippen LogP contribution < -0.4 is 4.74 Å². The summed E-state index contributed by atoms with van der Waals surface area (Å²) < 4.78 is 15.5. The van der Waals surface area contributed by atoms with E-state index in [9.17, 15) is 9.90 Å². The summed E-state index contributed by atoms with van der Waals surface area (Å²) >= 11 is 1.18. The van der Waals surface area contributed by atoms with Gasteiger partial charge in [-0.2, -0.15) is 13.8 Å². The zero-order chi connectivity index (χ0) is 21.8. The minimum Gasteiger partial charge on any atom is -0.497 e. The van der Waals surface area contributed by atoms with Crippen LogP contribution in [0.4, 0.5) is 0 Å². The molecule has 0 amide bonds. The molecule has 0 saturated heterocycles. The van der Waals surface area contributed by atoms with Gasteiger partial charge in [-0.3, -0.25) is 4.68 Å². The van der Waals surface area contributed by atoms with E-state index in [1.165, 1.54) is 11.7 Å². The summed E-state index contributed by atoms with van der Waals surface area (Å²) in [5.74, 6) is -0.234. The van der Waals surface area contributed by atoms with Crippen molar-refractivity contribution in [2.75, 3.05) is 7.11 Å². The van der Waals surface area contributed by atoms with Crippen molar-refractivity contribution in [3.05, 3.63) is 70.5 Å². The van der Waals surface area contributed by atoms with Gasteiger partial charge in [-0.1, -0.05) is 31.5 Å². The summed E-state index contributed by atoms with van der Waals surface area (Å²) in [6.07, 6.45) is 3.21. The van der Waals surface area contributed by atoms with Gasteiger partial charge in [0, 0.05) is 12.0 Å². The maximum atomic E-state index is 12.3. The number of benzene rings is 2. The predicted octanol–water partition coefficient (Wildman–Crippen LogP) is 4.58. The first-order valence-electron chi connectivity index (χ1n) is 10.2. The van der Waals surface area contributed by atoms with Gasteiger partial charge in [-0.25, -0.2) is 4.79 Å². The van der Waals surface area contributed by atoms with Gasteiger partial charge in [0.05, 0.1) is 31.1 Å². The van der Waals surface area contributed by atoms with Gasteiger partial charge in [0.1, 0.15) is 22.5 Å². The number of unbranched alkanes of at least 4 members (excludes halogenated alkanes) is 1. The number of hydrogen-bond acceptors (Lipinski definition) is 6. The molecule has 4 aromatic rings. The molecule has 160 valence electrons. The Balaban J connectivity index is 1.74. The van der Waals surface area contributed by atoms with E-state index < -0.39 is 5.97 Å². The average molecular weight is 437 g/mol. The Kier molecular flexibility index (Phi) is 6.27. The van der Waals surface area contributed by atoms with Gasteiger partial charge in [0.25, 0.3) is 0 Å². The Morgan fingerprint density at radius 3 is 2.74 bits per heavy atom. The lowest BCUT2D eigenvalue weighted by Gasteiger charge is -2.08. The molecule has 0 aliphatic carbocycles. The Hall–Kier alpha value is -3.26. The number of carboxylic acid groups (broad SMARTS) is 1. The second kappa shape index (κ2) is 9.26. The third-order valence-electron chi connectivity index (χ3n) is 5.27. The van der Waals surface area contributed by atoms with Crippen LogP contribution in [0.5, 0.6) is 5.75 Å². The summed E-state index contributed by atoms with van der Waals surface area (Å²) in [5, 5.41) is 14.8. The normalized spacial score (nSPS) is 11.2. The van der Waals surface area contributed by atoms with Crippen LogP contribution in [-0.2, 0) is 19.4 Å². The van der Waals surface area contributed by atoms with Crippen LogP contribution in [0.2, 0.25) is 0 Å². The number of hydrogen-bond donors (Lipinski definition) is 1. The largest absolute Gasteiger partial charge is 0.497 e.